The van der Waals surface area contributed by atoms with Crippen molar-refractivity contribution in [3.8, 4) is 5.75 Å². The second-order valence-electron chi connectivity index (χ2n) is 6.80. The molecule has 1 saturated carbocycles. The van der Waals surface area contributed by atoms with Crippen molar-refractivity contribution in [2.75, 3.05) is 11.9 Å². The summed E-state index contributed by atoms with van der Waals surface area (Å²) in [5.41, 5.74) is 0.127. The fourth-order valence-electron chi connectivity index (χ4n) is 3.28. The maximum absolute atomic E-state index is 12.6. The SMILES string of the molecule is Cc1ccc2c(c1)NC(=O)C(C)(C(=O)NCC1CCCCC1)O2. The van der Waals surface area contributed by atoms with Crippen molar-refractivity contribution in [2.24, 2.45) is 5.92 Å². The lowest BCUT2D eigenvalue weighted by molar-refractivity contribution is -0.146. The summed E-state index contributed by atoms with van der Waals surface area (Å²) in [7, 11) is 0. The molecule has 1 atom stereocenters. The molecule has 0 radical (unpaired) electrons. The first-order chi connectivity index (χ1) is 11.0. The van der Waals surface area contributed by atoms with Crippen LogP contribution in [0.1, 0.15) is 44.6 Å². The first-order valence-corrected chi connectivity index (χ1v) is 8.38. The lowest BCUT2D eigenvalue weighted by atomic mass is 9.89. The van der Waals surface area contributed by atoms with Crippen LogP contribution in [0.3, 0.4) is 0 Å². The first kappa shape index (κ1) is 15.8. The van der Waals surface area contributed by atoms with Crippen LogP contribution in [0.15, 0.2) is 18.2 Å². The van der Waals surface area contributed by atoms with Crippen LogP contribution in [-0.2, 0) is 9.59 Å². The van der Waals surface area contributed by atoms with E-state index >= 15 is 0 Å². The van der Waals surface area contributed by atoms with Crippen LogP contribution >= 0.6 is 0 Å². The van der Waals surface area contributed by atoms with E-state index in [-0.39, 0.29) is 5.91 Å². The van der Waals surface area contributed by atoms with Gasteiger partial charge in [0.1, 0.15) is 5.75 Å². The topological polar surface area (TPSA) is 67.4 Å². The molecule has 1 aromatic rings. The molecule has 1 aliphatic heterocycles. The average Bonchev–Trinajstić information content (AvgIpc) is 2.55. The molecular weight excluding hydrogens is 292 g/mol. The van der Waals surface area contributed by atoms with Gasteiger partial charge in [-0.15, -0.1) is 0 Å². The van der Waals surface area contributed by atoms with E-state index in [4.69, 9.17) is 4.74 Å². The Bertz CT molecular complexity index is 623. The summed E-state index contributed by atoms with van der Waals surface area (Å²) >= 11 is 0. The number of ether oxygens (including phenoxy) is 1. The van der Waals surface area contributed by atoms with Crippen molar-refractivity contribution < 1.29 is 14.3 Å². The highest BCUT2D eigenvalue weighted by Crippen LogP contribution is 2.34. The molecule has 1 aliphatic carbocycles. The Morgan fingerprint density at radius 2 is 2.09 bits per heavy atom. The summed E-state index contributed by atoms with van der Waals surface area (Å²) in [6.07, 6.45) is 6.02. The lowest BCUT2D eigenvalue weighted by Crippen LogP contribution is -2.59. The molecule has 0 aromatic heterocycles. The summed E-state index contributed by atoms with van der Waals surface area (Å²) in [5.74, 6) is 0.256. The van der Waals surface area contributed by atoms with Gasteiger partial charge in [0.05, 0.1) is 5.69 Å². The van der Waals surface area contributed by atoms with Gasteiger partial charge >= 0.3 is 0 Å². The molecule has 1 fully saturated rings. The Morgan fingerprint density at radius 3 is 2.83 bits per heavy atom. The molecule has 0 saturated heterocycles. The Balaban J connectivity index is 1.69. The number of carbonyl (C=O) groups is 2. The van der Waals surface area contributed by atoms with Crippen molar-refractivity contribution in [3.05, 3.63) is 23.8 Å². The van der Waals surface area contributed by atoms with Gasteiger partial charge in [-0.25, -0.2) is 0 Å². The van der Waals surface area contributed by atoms with Crippen molar-refractivity contribution in [1.82, 2.24) is 5.32 Å². The number of amides is 2. The quantitative estimate of drug-likeness (QED) is 0.843. The third kappa shape index (κ3) is 3.19. The van der Waals surface area contributed by atoms with E-state index in [0.29, 0.717) is 23.9 Å². The number of hydrogen-bond donors (Lipinski definition) is 2. The van der Waals surface area contributed by atoms with Gasteiger partial charge in [-0.1, -0.05) is 25.3 Å². The van der Waals surface area contributed by atoms with Gasteiger partial charge in [-0.3, -0.25) is 9.59 Å². The van der Waals surface area contributed by atoms with E-state index in [9.17, 15) is 9.59 Å². The van der Waals surface area contributed by atoms with Gasteiger partial charge in [0.15, 0.2) is 0 Å². The number of rotatable bonds is 3. The smallest absolute Gasteiger partial charge is 0.278 e. The second-order valence-corrected chi connectivity index (χ2v) is 6.80. The molecular formula is C18H24N2O3. The number of aryl methyl sites for hydroxylation is 1. The summed E-state index contributed by atoms with van der Waals surface area (Å²) in [4.78, 5) is 24.9. The fourth-order valence-corrected chi connectivity index (χ4v) is 3.28. The van der Waals surface area contributed by atoms with Crippen LogP contribution in [-0.4, -0.2) is 24.0 Å². The van der Waals surface area contributed by atoms with Crippen molar-refractivity contribution in [1.29, 1.82) is 0 Å². The summed E-state index contributed by atoms with van der Waals surface area (Å²) in [6, 6.07) is 5.53. The number of carbonyl (C=O) groups excluding carboxylic acids is 2. The van der Waals surface area contributed by atoms with Crippen LogP contribution < -0.4 is 15.4 Å². The van der Waals surface area contributed by atoms with E-state index in [0.717, 1.165) is 18.4 Å². The largest absolute Gasteiger partial charge is 0.466 e. The Labute approximate surface area is 136 Å². The second kappa shape index (κ2) is 6.22. The normalized spacial score (nSPS) is 24.3. The predicted molar refractivity (Wildman–Crippen MR) is 88.4 cm³/mol. The van der Waals surface area contributed by atoms with E-state index < -0.39 is 11.5 Å². The average molecular weight is 316 g/mol. The highest BCUT2D eigenvalue weighted by molar-refractivity contribution is 6.15. The molecule has 0 spiro atoms. The molecule has 2 N–H and O–H groups in total. The number of anilines is 1. The Kier molecular flexibility index (Phi) is 4.28. The minimum absolute atomic E-state index is 0.369. The highest BCUT2D eigenvalue weighted by atomic mass is 16.5. The molecule has 3 rings (SSSR count). The van der Waals surface area contributed by atoms with Gasteiger partial charge in [-0.2, -0.15) is 0 Å². The van der Waals surface area contributed by atoms with Crippen LogP contribution in [0, 0.1) is 12.8 Å². The van der Waals surface area contributed by atoms with Crippen LogP contribution in [0.5, 0.6) is 5.75 Å². The van der Waals surface area contributed by atoms with E-state index in [1.807, 2.05) is 19.1 Å². The number of fused-ring (bicyclic) bond motifs is 1. The van der Waals surface area contributed by atoms with E-state index in [2.05, 4.69) is 10.6 Å². The Morgan fingerprint density at radius 1 is 1.35 bits per heavy atom. The van der Waals surface area contributed by atoms with E-state index in [1.165, 1.54) is 26.2 Å². The lowest BCUT2D eigenvalue weighted by Gasteiger charge is -2.34. The zero-order valence-electron chi connectivity index (χ0n) is 13.8. The van der Waals surface area contributed by atoms with Crippen LogP contribution in [0.25, 0.3) is 0 Å². The monoisotopic (exact) mass is 316 g/mol. The van der Waals surface area contributed by atoms with Crippen molar-refractivity contribution in [2.45, 2.75) is 51.6 Å². The van der Waals surface area contributed by atoms with Gasteiger partial charge in [0.2, 0.25) is 0 Å². The minimum Gasteiger partial charge on any atom is -0.466 e. The number of hydrogen-bond acceptors (Lipinski definition) is 3. The van der Waals surface area contributed by atoms with Gasteiger partial charge < -0.3 is 15.4 Å². The number of nitrogens with one attached hydrogen (secondary N) is 2. The zero-order chi connectivity index (χ0) is 16.4. The van der Waals surface area contributed by atoms with E-state index in [1.54, 1.807) is 6.07 Å². The fraction of sp³-hybridized carbons (Fsp3) is 0.556. The van der Waals surface area contributed by atoms with Crippen molar-refractivity contribution in [3.63, 3.8) is 0 Å². The molecule has 5 nitrogen and oxygen atoms in total. The van der Waals surface area contributed by atoms with Gasteiger partial charge in [0.25, 0.3) is 17.4 Å². The van der Waals surface area contributed by atoms with Gasteiger partial charge in [0, 0.05) is 6.54 Å². The Hall–Kier alpha value is -2.04. The molecule has 2 aliphatic rings. The molecule has 1 unspecified atom stereocenters. The highest BCUT2D eigenvalue weighted by Gasteiger charge is 2.47. The molecule has 5 heteroatoms. The van der Waals surface area contributed by atoms with Crippen LogP contribution in [0.4, 0.5) is 5.69 Å². The van der Waals surface area contributed by atoms with Gasteiger partial charge in [-0.05, 0) is 50.3 Å². The molecule has 1 heterocycles. The molecule has 1 aromatic carbocycles. The van der Waals surface area contributed by atoms with Crippen molar-refractivity contribution >= 4 is 17.5 Å². The third-order valence-corrected chi connectivity index (χ3v) is 4.84. The molecule has 2 amide bonds. The summed E-state index contributed by atoms with van der Waals surface area (Å²) in [6.45, 7) is 4.09. The first-order valence-electron chi connectivity index (χ1n) is 8.38. The standard InChI is InChI=1S/C18H24N2O3/c1-12-8-9-15-14(10-12)20-17(22)18(2,23-15)16(21)19-11-13-6-4-3-5-7-13/h8-10,13H,3-7,11H2,1-2H3,(H,19,21)(H,20,22). The maximum Gasteiger partial charge on any atom is 0.278 e. The maximum atomic E-state index is 12.6. The minimum atomic E-state index is -1.52. The molecule has 124 valence electrons. The summed E-state index contributed by atoms with van der Waals surface area (Å²) < 4.78 is 5.76. The predicted octanol–water partition coefficient (Wildman–Crippen LogP) is 2.78. The third-order valence-electron chi connectivity index (χ3n) is 4.84. The number of benzene rings is 1. The zero-order valence-corrected chi connectivity index (χ0v) is 13.8. The molecule has 0 bridgehead atoms. The molecule has 23 heavy (non-hydrogen) atoms. The summed E-state index contributed by atoms with van der Waals surface area (Å²) in [5, 5.41) is 5.70. The van der Waals surface area contributed by atoms with Crippen LogP contribution in [0.2, 0.25) is 0 Å².